The quantitative estimate of drug-likeness (QED) is 0.522. The molecule has 5 rings (SSSR count). The highest BCUT2D eigenvalue weighted by Gasteiger charge is 2.34. The van der Waals surface area contributed by atoms with Crippen LogP contribution in [0.2, 0.25) is 0 Å². The number of hydrogen-bond donors (Lipinski definition) is 3. The molecule has 2 amide bonds. The van der Waals surface area contributed by atoms with Crippen LogP contribution in [0.1, 0.15) is 62.0 Å². The number of carboxylic acid groups (broad SMARTS) is 1. The summed E-state index contributed by atoms with van der Waals surface area (Å²) in [7, 11) is 0. The molecule has 184 valence electrons. The highest BCUT2D eigenvalue weighted by atomic mass is 16.5. The summed E-state index contributed by atoms with van der Waals surface area (Å²) in [5, 5.41) is 15.1. The van der Waals surface area contributed by atoms with E-state index in [9.17, 15) is 19.5 Å². The van der Waals surface area contributed by atoms with Gasteiger partial charge in [-0.15, -0.1) is 0 Å². The Morgan fingerprint density at radius 3 is 2.23 bits per heavy atom. The number of carbonyl (C=O) groups excluding carboxylic acids is 2. The van der Waals surface area contributed by atoms with Crippen molar-refractivity contribution in [2.75, 3.05) is 6.61 Å². The van der Waals surface area contributed by atoms with E-state index in [4.69, 9.17) is 4.74 Å². The number of nitrogens with one attached hydrogen (secondary N) is 2. The van der Waals surface area contributed by atoms with E-state index in [0.717, 1.165) is 36.8 Å². The van der Waals surface area contributed by atoms with E-state index in [2.05, 4.69) is 34.9 Å². The molecule has 2 aromatic carbocycles. The molecule has 0 aromatic heterocycles. The van der Waals surface area contributed by atoms with Crippen LogP contribution in [0, 0.1) is 11.8 Å². The zero-order valence-corrected chi connectivity index (χ0v) is 19.7. The molecule has 0 spiro atoms. The van der Waals surface area contributed by atoms with Gasteiger partial charge in [0, 0.05) is 17.9 Å². The molecule has 0 radical (unpaired) electrons. The normalized spacial score (nSPS) is 21.9. The van der Waals surface area contributed by atoms with Gasteiger partial charge in [-0.2, -0.15) is 0 Å². The highest BCUT2D eigenvalue weighted by molar-refractivity contribution is 5.85. The third kappa shape index (κ3) is 5.34. The first kappa shape index (κ1) is 23.4. The lowest BCUT2D eigenvalue weighted by Gasteiger charge is -2.29. The fourth-order valence-corrected chi connectivity index (χ4v) is 5.56. The van der Waals surface area contributed by atoms with Crippen LogP contribution in [0.3, 0.4) is 0 Å². The molecule has 35 heavy (non-hydrogen) atoms. The van der Waals surface area contributed by atoms with Gasteiger partial charge in [0.15, 0.2) is 0 Å². The average molecular weight is 477 g/mol. The summed E-state index contributed by atoms with van der Waals surface area (Å²) in [5.41, 5.74) is 4.68. The minimum Gasteiger partial charge on any atom is -0.480 e. The molecular weight excluding hydrogens is 444 g/mol. The molecule has 7 nitrogen and oxygen atoms in total. The minimum absolute atomic E-state index is 0.00236. The molecule has 3 N–H and O–H groups in total. The summed E-state index contributed by atoms with van der Waals surface area (Å²) >= 11 is 0. The zero-order chi connectivity index (χ0) is 24.4. The largest absolute Gasteiger partial charge is 0.480 e. The molecule has 0 aliphatic heterocycles. The standard InChI is InChI=1S/C28H32N2O5/c31-26(30-25(27(32)33)14-17-12-13-17)18-6-5-7-19(15-18)29-28(34)35-16-24-22-10-3-1-8-20(22)21-9-2-4-11-23(21)24/h1-4,8-11,17-19,24-25H,5-7,12-16H2,(H,29,34)(H,30,31)(H,32,33)/t18-,19+,25-/m0/s1. The molecule has 2 aromatic rings. The molecule has 0 heterocycles. The van der Waals surface area contributed by atoms with E-state index >= 15 is 0 Å². The van der Waals surface area contributed by atoms with Crippen LogP contribution in [-0.4, -0.2) is 41.8 Å². The van der Waals surface area contributed by atoms with Crippen LogP contribution in [-0.2, 0) is 14.3 Å². The Hall–Kier alpha value is -3.35. The Morgan fingerprint density at radius 2 is 1.60 bits per heavy atom. The first-order valence-electron chi connectivity index (χ1n) is 12.6. The van der Waals surface area contributed by atoms with E-state index in [1.165, 1.54) is 11.1 Å². The third-order valence-corrected chi connectivity index (χ3v) is 7.59. The molecular formula is C28H32N2O5. The van der Waals surface area contributed by atoms with Crippen molar-refractivity contribution >= 4 is 18.0 Å². The van der Waals surface area contributed by atoms with Gasteiger partial charge in [0.2, 0.25) is 5.91 Å². The second kappa shape index (κ2) is 10.1. The van der Waals surface area contributed by atoms with Crippen molar-refractivity contribution < 1.29 is 24.2 Å². The van der Waals surface area contributed by atoms with Crippen LogP contribution in [0.5, 0.6) is 0 Å². The van der Waals surface area contributed by atoms with Crippen LogP contribution in [0.4, 0.5) is 4.79 Å². The van der Waals surface area contributed by atoms with Crippen LogP contribution in [0.15, 0.2) is 48.5 Å². The van der Waals surface area contributed by atoms with E-state index in [0.29, 0.717) is 25.2 Å². The maximum atomic E-state index is 12.8. The SMILES string of the molecule is O=C(N[C@@H]1CCC[C@H](C(=O)N[C@@H](CC2CC2)C(=O)O)C1)OCC1c2ccccc2-c2ccccc21. The predicted molar refractivity (Wildman–Crippen MR) is 131 cm³/mol. The average Bonchev–Trinajstić information content (AvgIpc) is 3.63. The van der Waals surface area contributed by atoms with Gasteiger partial charge in [-0.05, 0) is 53.9 Å². The lowest BCUT2D eigenvalue weighted by molar-refractivity contribution is -0.143. The number of alkyl carbamates (subject to hydrolysis) is 1. The summed E-state index contributed by atoms with van der Waals surface area (Å²) in [6.45, 7) is 0.248. The molecule has 0 unspecified atom stereocenters. The Kier molecular flexibility index (Phi) is 6.75. The van der Waals surface area contributed by atoms with Gasteiger partial charge in [-0.3, -0.25) is 4.79 Å². The van der Waals surface area contributed by atoms with E-state index in [1.54, 1.807) is 0 Å². The van der Waals surface area contributed by atoms with Crippen molar-refractivity contribution in [3.8, 4) is 11.1 Å². The fourth-order valence-electron chi connectivity index (χ4n) is 5.56. The minimum atomic E-state index is -0.977. The summed E-state index contributed by atoms with van der Waals surface area (Å²) < 4.78 is 5.66. The summed E-state index contributed by atoms with van der Waals surface area (Å²) in [4.78, 5) is 37.0. The molecule has 0 saturated heterocycles. The van der Waals surface area contributed by atoms with E-state index < -0.39 is 18.1 Å². The number of hydrogen-bond acceptors (Lipinski definition) is 4. The second-order valence-corrected chi connectivity index (χ2v) is 10.1. The number of amides is 2. The number of aliphatic carboxylic acids is 1. The monoisotopic (exact) mass is 476 g/mol. The lowest BCUT2D eigenvalue weighted by Crippen LogP contribution is -2.47. The number of benzene rings is 2. The van der Waals surface area contributed by atoms with Crippen LogP contribution in [0.25, 0.3) is 11.1 Å². The lowest BCUT2D eigenvalue weighted by atomic mass is 9.85. The van der Waals surface area contributed by atoms with Gasteiger partial charge in [0.25, 0.3) is 0 Å². The molecule has 0 bridgehead atoms. The zero-order valence-electron chi connectivity index (χ0n) is 19.7. The maximum absolute atomic E-state index is 12.8. The number of rotatable bonds is 8. The number of carboxylic acids is 1. The molecule has 3 atom stereocenters. The molecule has 7 heteroatoms. The van der Waals surface area contributed by atoms with Crippen LogP contribution < -0.4 is 10.6 Å². The van der Waals surface area contributed by atoms with Gasteiger partial charge >= 0.3 is 12.1 Å². The van der Waals surface area contributed by atoms with Crippen LogP contribution >= 0.6 is 0 Å². The Morgan fingerprint density at radius 1 is 0.943 bits per heavy atom. The van der Waals surface area contributed by atoms with E-state index in [-0.39, 0.29) is 30.4 Å². The first-order valence-corrected chi connectivity index (χ1v) is 12.6. The maximum Gasteiger partial charge on any atom is 0.407 e. The van der Waals surface area contributed by atoms with Gasteiger partial charge in [-0.1, -0.05) is 67.8 Å². The van der Waals surface area contributed by atoms with Crippen molar-refractivity contribution in [3.05, 3.63) is 59.7 Å². The molecule has 3 aliphatic carbocycles. The summed E-state index contributed by atoms with van der Waals surface area (Å²) in [6.07, 6.45) is 4.86. The third-order valence-electron chi connectivity index (χ3n) is 7.59. The van der Waals surface area contributed by atoms with E-state index in [1.807, 2.05) is 24.3 Å². The van der Waals surface area contributed by atoms with Crippen molar-refractivity contribution in [2.45, 2.75) is 62.9 Å². The smallest absolute Gasteiger partial charge is 0.407 e. The van der Waals surface area contributed by atoms with Crippen molar-refractivity contribution in [1.82, 2.24) is 10.6 Å². The number of carbonyl (C=O) groups is 3. The number of fused-ring (bicyclic) bond motifs is 3. The Balaban J connectivity index is 1.14. The summed E-state index contributed by atoms with van der Waals surface area (Å²) in [6, 6.07) is 15.4. The van der Waals surface area contributed by atoms with Gasteiger partial charge in [-0.25, -0.2) is 9.59 Å². The topological polar surface area (TPSA) is 105 Å². The Bertz CT molecular complexity index is 1070. The highest BCUT2D eigenvalue weighted by Crippen LogP contribution is 2.44. The molecule has 2 fully saturated rings. The molecule has 2 saturated carbocycles. The van der Waals surface area contributed by atoms with Crippen molar-refractivity contribution in [1.29, 1.82) is 0 Å². The molecule has 3 aliphatic rings. The van der Waals surface area contributed by atoms with Crippen molar-refractivity contribution in [3.63, 3.8) is 0 Å². The van der Waals surface area contributed by atoms with Gasteiger partial charge in [0.1, 0.15) is 12.6 Å². The fraction of sp³-hybridized carbons (Fsp3) is 0.464. The van der Waals surface area contributed by atoms with Gasteiger partial charge in [0.05, 0.1) is 0 Å². The summed E-state index contributed by atoms with van der Waals surface area (Å²) in [5.74, 6) is -1.10. The second-order valence-electron chi connectivity index (χ2n) is 10.1. The van der Waals surface area contributed by atoms with Crippen molar-refractivity contribution in [2.24, 2.45) is 11.8 Å². The first-order chi connectivity index (χ1) is 17.0. The predicted octanol–water partition coefficient (Wildman–Crippen LogP) is 4.45. The van der Waals surface area contributed by atoms with Gasteiger partial charge < -0.3 is 20.5 Å². The Labute approximate surface area is 205 Å². The number of ether oxygens (including phenoxy) is 1.